The summed E-state index contributed by atoms with van der Waals surface area (Å²) in [4.78, 5) is 20.8. The van der Waals surface area contributed by atoms with E-state index in [2.05, 4.69) is 9.97 Å². The zero-order chi connectivity index (χ0) is 20.4. The fraction of sp³-hybridized carbons (Fsp3) is 0.263. The van der Waals surface area contributed by atoms with Gasteiger partial charge in [-0.3, -0.25) is 0 Å². The van der Waals surface area contributed by atoms with Crippen LogP contribution in [0.25, 0.3) is 11.0 Å². The van der Waals surface area contributed by atoms with Crippen LogP contribution in [0.5, 0.6) is 23.5 Å². The van der Waals surface area contributed by atoms with Crippen molar-refractivity contribution in [1.82, 2.24) is 9.97 Å². The maximum atomic E-state index is 12.1. The Bertz CT molecular complexity index is 1050. The van der Waals surface area contributed by atoms with Crippen LogP contribution in [0.3, 0.4) is 0 Å². The molecule has 2 aromatic heterocycles. The molecule has 0 spiro atoms. The van der Waals surface area contributed by atoms with Gasteiger partial charge < -0.3 is 23.7 Å². The number of carboxylic acid groups (broad SMARTS) is 1. The number of hydrogen-bond donors (Lipinski definition) is 1. The van der Waals surface area contributed by atoms with Crippen LogP contribution in [0.4, 0.5) is 0 Å². The van der Waals surface area contributed by atoms with Crippen molar-refractivity contribution in [1.29, 1.82) is 0 Å². The monoisotopic (exact) mass is 402 g/mol. The lowest BCUT2D eigenvalue weighted by Crippen LogP contribution is -2.05. The largest absolute Gasteiger partial charge is 0.481 e. The molecule has 0 saturated heterocycles. The first-order valence-electron chi connectivity index (χ1n) is 8.37. The van der Waals surface area contributed by atoms with Gasteiger partial charge in [-0.1, -0.05) is 19.1 Å². The van der Waals surface area contributed by atoms with Gasteiger partial charge in [0.1, 0.15) is 22.7 Å². The third kappa shape index (κ3) is 3.48. The molecular formula is C19H18N2O6S. The lowest BCUT2D eigenvalue weighted by atomic mass is 10.0. The van der Waals surface area contributed by atoms with E-state index in [1.165, 1.54) is 26.4 Å². The summed E-state index contributed by atoms with van der Waals surface area (Å²) in [7, 11) is 2.87. The van der Waals surface area contributed by atoms with Crippen LogP contribution in [0.2, 0.25) is 0 Å². The van der Waals surface area contributed by atoms with Crippen molar-refractivity contribution < 1.29 is 28.5 Å². The van der Waals surface area contributed by atoms with Crippen LogP contribution in [0.15, 0.2) is 22.6 Å². The van der Waals surface area contributed by atoms with Gasteiger partial charge in [0.15, 0.2) is 0 Å². The number of ether oxygens (including phenoxy) is 3. The van der Waals surface area contributed by atoms with Gasteiger partial charge >= 0.3 is 12.0 Å². The number of aromatic nitrogens is 2. The Labute approximate surface area is 166 Å². The second-order valence-electron chi connectivity index (χ2n) is 5.76. The molecule has 0 unspecified atom stereocenters. The fourth-order valence-electron chi connectivity index (χ4n) is 2.84. The zero-order valence-corrected chi connectivity index (χ0v) is 16.5. The molecule has 9 heteroatoms. The van der Waals surface area contributed by atoms with Gasteiger partial charge in [-0.15, -0.1) is 0 Å². The van der Waals surface area contributed by atoms with Crippen molar-refractivity contribution in [2.45, 2.75) is 20.3 Å². The lowest BCUT2D eigenvalue weighted by molar-refractivity contribution is 0.0696. The van der Waals surface area contributed by atoms with Crippen molar-refractivity contribution >= 4 is 34.0 Å². The summed E-state index contributed by atoms with van der Waals surface area (Å²) >= 11 is 5.42. The molecule has 3 aromatic rings. The van der Waals surface area contributed by atoms with Gasteiger partial charge in [-0.05, 0) is 25.5 Å². The average molecular weight is 402 g/mol. The Balaban J connectivity index is 2.21. The van der Waals surface area contributed by atoms with Gasteiger partial charge in [0, 0.05) is 15.8 Å². The third-order valence-electron chi connectivity index (χ3n) is 4.09. The van der Waals surface area contributed by atoms with Gasteiger partial charge in [-0.2, -0.15) is 9.97 Å². The number of carboxylic acids is 1. The molecule has 0 aliphatic carbocycles. The van der Waals surface area contributed by atoms with Crippen LogP contribution in [0, 0.1) is 6.92 Å². The Morgan fingerprint density at radius 2 is 1.82 bits per heavy atom. The number of fused-ring (bicyclic) bond motifs is 1. The predicted octanol–water partition coefficient (Wildman–Crippen LogP) is 4.17. The van der Waals surface area contributed by atoms with Crippen LogP contribution in [-0.2, 0) is 0 Å². The average Bonchev–Trinajstić information content (AvgIpc) is 3.02. The van der Waals surface area contributed by atoms with E-state index < -0.39 is 5.97 Å². The normalized spacial score (nSPS) is 10.7. The highest BCUT2D eigenvalue weighted by Crippen LogP contribution is 2.37. The molecule has 1 aromatic carbocycles. The quantitative estimate of drug-likeness (QED) is 0.460. The van der Waals surface area contributed by atoms with E-state index in [-0.39, 0.29) is 29.1 Å². The SMILES string of the molecule is CCC(=S)c1c(C)oc2ccc(Oc3nc(OC)cc(OC)n3)c(C(=O)O)c12. The smallest absolute Gasteiger partial charge is 0.340 e. The summed E-state index contributed by atoms with van der Waals surface area (Å²) in [5.41, 5.74) is 0.933. The van der Waals surface area contributed by atoms with E-state index >= 15 is 0 Å². The Morgan fingerprint density at radius 1 is 1.18 bits per heavy atom. The number of benzene rings is 1. The molecule has 0 saturated carbocycles. The number of thiocarbonyl (C=S) groups is 1. The standard InChI is InChI=1S/C19H18N2O6S/c1-5-12(28)15-9(2)26-10-6-7-11(17(16(10)15)18(22)23)27-19-20-13(24-3)8-14(21-19)25-4/h6-8H,5H2,1-4H3,(H,22,23). The minimum absolute atomic E-state index is 0.0521. The highest BCUT2D eigenvalue weighted by Gasteiger charge is 2.25. The molecule has 28 heavy (non-hydrogen) atoms. The molecule has 0 fully saturated rings. The van der Waals surface area contributed by atoms with Crippen LogP contribution < -0.4 is 14.2 Å². The fourth-order valence-corrected chi connectivity index (χ4v) is 3.08. The van der Waals surface area contributed by atoms with Gasteiger partial charge in [-0.25, -0.2) is 4.79 Å². The van der Waals surface area contributed by atoms with Crippen molar-refractivity contribution in [3.63, 3.8) is 0 Å². The lowest BCUT2D eigenvalue weighted by Gasteiger charge is -2.11. The summed E-state index contributed by atoms with van der Waals surface area (Å²) in [6, 6.07) is 4.48. The summed E-state index contributed by atoms with van der Waals surface area (Å²) < 4.78 is 21.6. The number of hydrogen-bond acceptors (Lipinski definition) is 8. The van der Waals surface area contributed by atoms with Crippen molar-refractivity contribution in [3.05, 3.63) is 35.1 Å². The van der Waals surface area contributed by atoms with Crippen molar-refractivity contribution in [2.24, 2.45) is 0 Å². The number of aromatic carboxylic acids is 1. The van der Waals surface area contributed by atoms with Crippen molar-refractivity contribution in [3.8, 4) is 23.5 Å². The molecule has 1 N–H and O–H groups in total. The molecule has 3 rings (SSSR count). The second kappa shape index (κ2) is 7.81. The Morgan fingerprint density at radius 3 is 2.36 bits per heavy atom. The predicted molar refractivity (Wildman–Crippen MR) is 105 cm³/mol. The Hall–Kier alpha value is -3.20. The Kier molecular flexibility index (Phi) is 5.46. The highest BCUT2D eigenvalue weighted by molar-refractivity contribution is 7.80. The number of carbonyl (C=O) groups is 1. The minimum Gasteiger partial charge on any atom is -0.481 e. The molecule has 0 radical (unpaired) electrons. The number of furan rings is 1. The molecule has 2 heterocycles. The molecule has 0 atom stereocenters. The van der Waals surface area contributed by atoms with E-state index in [4.69, 9.17) is 30.8 Å². The first kappa shape index (κ1) is 19.6. The molecule has 146 valence electrons. The molecule has 0 aliphatic heterocycles. The van der Waals surface area contributed by atoms with Gasteiger partial charge in [0.05, 0.1) is 20.3 Å². The summed E-state index contributed by atoms with van der Waals surface area (Å²) in [6.45, 7) is 3.65. The minimum atomic E-state index is -1.18. The van der Waals surface area contributed by atoms with Crippen LogP contribution in [-0.4, -0.2) is 40.1 Å². The summed E-state index contributed by atoms with van der Waals surface area (Å²) in [5.74, 6) is -0.146. The van der Waals surface area contributed by atoms with Gasteiger partial charge in [0.2, 0.25) is 11.8 Å². The number of nitrogens with zero attached hydrogens (tertiary/aromatic N) is 2. The number of aryl methyl sites for hydroxylation is 1. The molecular weight excluding hydrogens is 384 g/mol. The van der Waals surface area contributed by atoms with E-state index in [0.29, 0.717) is 33.6 Å². The van der Waals surface area contributed by atoms with Crippen LogP contribution in [0.1, 0.15) is 35.0 Å². The number of methoxy groups -OCH3 is 2. The molecule has 0 amide bonds. The van der Waals surface area contributed by atoms with E-state index in [1.807, 2.05) is 6.92 Å². The van der Waals surface area contributed by atoms with E-state index in [9.17, 15) is 9.90 Å². The third-order valence-corrected chi connectivity index (χ3v) is 4.58. The first-order chi connectivity index (χ1) is 13.4. The summed E-state index contributed by atoms with van der Waals surface area (Å²) in [6.07, 6.45) is 0.575. The number of rotatable bonds is 7. The topological polar surface area (TPSA) is 104 Å². The van der Waals surface area contributed by atoms with Crippen molar-refractivity contribution in [2.75, 3.05) is 14.2 Å². The van der Waals surface area contributed by atoms with Gasteiger partial charge in [0.25, 0.3) is 0 Å². The van der Waals surface area contributed by atoms with E-state index in [0.717, 1.165) is 0 Å². The molecule has 8 nitrogen and oxygen atoms in total. The maximum Gasteiger partial charge on any atom is 0.340 e. The second-order valence-corrected chi connectivity index (χ2v) is 6.26. The van der Waals surface area contributed by atoms with Crippen LogP contribution >= 0.6 is 12.2 Å². The molecule has 0 bridgehead atoms. The summed E-state index contributed by atoms with van der Waals surface area (Å²) in [5, 5.41) is 10.3. The van der Waals surface area contributed by atoms with E-state index in [1.54, 1.807) is 13.0 Å². The first-order valence-corrected chi connectivity index (χ1v) is 8.77. The highest BCUT2D eigenvalue weighted by atomic mass is 32.1. The molecule has 0 aliphatic rings. The maximum absolute atomic E-state index is 12.1. The zero-order valence-electron chi connectivity index (χ0n) is 15.7.